The van der Waals surface area contributed by atoms with Crippen molar-refractivity contribution in [3.05, 3.63) is 35.4 Å². The van der Waals surface area contributed by atoms with Gasteiger partial charge in [-0.15, -0.1) is 0 Å². The summed E-state index contributed by atoms with van der Waals surface area (Å²) in [5.74, 6) is -2.92. The van der Waals surface area contributed by atoms with E-state index < -0.39 is 59.3 Å². The third kappa shape index (κ3) is 8.02. The number of nitrogens with one attached hydrogen (secondary N) is 4. The van der Waals surface area contributed by atoms with E-state index in [9.17, 15) is 28.8 Å². The number of benzene rings is 1. The molecule has 2 saturated carbocycles. The van der Waals surface area contributed by atoms with Crippen molar-refractivity contribution in [2.24, 2.45) is 40.2 Å². The average molecular weight is 681 g/mol. The summed E-state index contributed by atoms with van der Waals surface area (Å²) in [4.78, 5) is 80.6. The van der Waals surface area contributed by atoms with Gasteiger partial charge >= 0.3 is 12.1 Å². The monoisotopic (exact) mass is 680 g/mol. The van der Waals surface area contributed by atoms with E-state index >= 15 is 0 Å². The minimum Gasteiger partial charge on any atom is -0.447 e. The predicted octanol–water partition coefficient (Wildman–Crippen LogP) is 2.05. The Morgan fingerprint density at radius 1 is 1.00 bits per heavy atom. The van der Waals surface area contributed by atoms with Gasteiger partial charge in [0.2, 0.25) is 17.6 Å². The number of nitrogens with two attached hydrogens (primary N) is 1. The van der Waals surface area contributed by atoms with Gasteiger partial charge in [-0.05, 0) is 71.8 Å². The molecule has 13 heteroatoms. The highest BCUT2D eigenvalue weighted by atomic mass is 16.5. The lowest BCUT2D eigenvalue weighted by atomic mass is 9.87. The van der Waals surface area contributed by atoms with Crippen LogP contribution in [0, 0.1) is 34.5 Å². The maximum Gasteiger partial charge on any atom is 0.407 e. The summed E-state index contributed by atoms with van der Waals surface area (Å²) in [5.41, 5.74) is 6.85. The molecule has 49 heavy (non-hydrogen) atoms. The van der Waals surface area contributed by atoms with Gasteiger partial charge in [-0.3, -0.25) is 19.2 Å². The summed E-state index contributed by atoms with van der Waals surface area (Å²) in [6, 6.07) is 3.88. The first kappa shape index (κ1) is 36.1. The van der Waals surface area contributed by atoms with E-state index in [1.165, 1.54) is 0 Å². The topological polar surface area (TPSA) is 189 Å². The first-order valence-electron chi connectivity index (χ1n) is 17.5. The molecular weight excluding hydrogens is 628 g/mol. The highest BCUT2D eigenvalue weighted by Gasteiger charge is 2.70. The van der Waals surface area contributed by atoms with Gasteiger partial charge in [-0.1, -0.05) is 71.7 Å². The number of piperidine rings is 1. The van der Waals surface area contributed by atoms with Crippen LogP contribution in [-0.4, -0.2) is 84.4 Å². The van der Waals surface area contributed by atoms with Gasteiger partial charge in [-0.25, -0.2) is 9.59 Å². The number of ether oxygens (including phenoxy) is 1. The van der Waals surface area contributed by atoms with Crippen LogP contribution >= 0.6 is 0 Å². The molecule has 3 fully saturated rings. The minimum absolute atomic E-state index is 0.0628. The Balaban J connectivity index is 1.38. The van der Waals surface area contributed by atoms with Crippen molar-refractivity contribution in [3.8, 4) is 0 Å². The summed E-state index contributed by atoms with van der Waals surface area (Å²) < 4.78 is 5.35. The Bertz CT molecular complexity index is 1460. The van der Waals surface area contributed by atoms with Crippen LogP contribution in [0.2, 0.25) is 0 Å². The minimum atomic E-state index is -1.10. The average Bonchev–Trinajstić information content (AvgIpc) is 3.78. The fraction of sp³-hybridized carbons (Fsp3) is 0.667. The maximum atomic E-state index is 14.7. The third-order valence-electron chi connectivity index (χ3n) is 11.1. The lowest BCUT2D eigenvalue weighted by Gasteiger charge is -2.36. The molecule has 1 aromatic carbocycles. The smallest absolute Gasteiger partial charge is 0.407 e. The van der Waals surface area contributed by atoms with Crippen molar-refractivity contribution in [1.29, 1.82) is 0 Å². The van der Waals surface area contributed by atoms with E-state index in [2.05, 4.69) is 35.1 Å². The molecule has 1 unspecified atom stereocenters. The Morgan fingerprint density at radius 2 is 1.63 bits per heavy atom. The second-order valence-corrected chi connectivity index (χ2v) is 15.9. The number of carbonyl (C=O) groups excluding carboxylic acids is 6. The van der Waals surface area contributed by atoms with Gasteiger partial charge in [0.25, 0.3) is 5.91 Å². The molecule has 6 amide bonds. The molecule has 0 aromatic heterocycles. The molecule has 1 aromatic rings. The zero-order valence-corrected chi connectivity index (χ0v) is 29.5. The van der Waals surface area contributed by atoms with Gasteiger partial charge in [0.15, 0.2) is 0 Å². The van der Waals surface area contributed by atoms with Gasteiger partial charge in [0, 0.05) is 13.1 Å². The molecule has 0 spiro atoms. The van der Waals surface area contributed by atoms with Gasteiger partial charge < -0.3 is 36.6 Å². The van der Waals surface area contributed by atoms with Crippen molar-refractivity contribution in [1.82, 2.24) is 26.2 Å². The number of hydrogen-bond donors (Lipinski definition) is 5. The Labute approximate surface area is 288 Å². The molecule has 0 radical (unpaired) electrons. The van der Waals surface area contributed by atoms with Crippen molar-refractivity contribution in [3.63, 3.8) is 0 Å². The summed E-state index contributed by atoms with van der Waals surface area (Å²) in [5, 5.41) is 11.3. The van der Waals surface area contributed by atoms with Crippen molar-refractivity contribution in [2.75, 3.05) is 19.7 Å². The summed E-state index contributed by atoms with van der Waals surface area (Å²) in [7, 11) is 0. The molecule has 4 aliphatic rings. The summed E-state index contributed by atoms with van der Waals surface area (Å²) >= 11 is 0. The molecule has 13 nitrogen and oxygen atoms in total. The summed E-state index contributed by atoms with van der Waals surface area (Å²) in [6.45, 7) is 12.3. The molecule has 268 valence electrons. The van der Waals surface area contributed by atoms with Crippen LogP contribution in [0.5, 0.6) is 0 Å². The van der Waals surface area contributed by atoms with Gasteiger partial charge in [-0.2, -0.15) is 0 Å². The van der Waals surface area contributed by atoms with E-state index in [1.807, 2.05) is 45.0 Å². The number of Topliss-reactive ketones (excluding diaryl/α,β-unsaturated/α-hetero) is 1. The predicted molar refractivity (Wildman–Crippen MR) is 181 cm³/mol. The number of nitrogens with zero attached hydrogens (tertiary/aromatic N) is 1. The van der Waals surface area contributed by atoms with Gasteiger partial charge in [0.1, 0.15) is 18.7 Å². The Morgan fingerprint density at radius 3 is 2.18 bits per heavy atom. The largest absolute Gasteiger partial charge is 0.447 e. The number of rotatable bonds is 13. The van der Waals surface area contributed by atoms with Crippen molar-refractivity contribution >= 4 is 35.6 Å². The number of ketones is 1. The first-order valence-corrected chi connectivity index (χ1v) is 17.5. The number of likely N-dealkylation sites (tertiary alicyclic amines) is 1. The number of amides is 6. The van der Waals surface area contributed by atoms with Crippen LogP contribution < -0.4 is 27.0 Å². The zero-order valence-electron chi connectivity index (χ0n) is 29.5. The van der Waals surface area contributed by atoms with E-state index in [1.54, 1.807) is 11.8 Å². The number of urea groups is 1. The highest BCUT2D eigenvalue weighted by molar-refractivity contribution is 6.37. The molecular formula is C36H52N6O7. The van der Waals surface area contributed by atoms with Crippen molar-refractivity contribution in [2.45, 2.75) is 97.8 Å². The van der Waals surface area contributed by atoms with Crippen molar-refractivity contribution < 1.29 is 33.5 Å². The molecule has 6 N–H and O–H groups in total. The molecule has 1 aliphatic heterocycles. The molecule has 0 bridgehead atoms. The fourth-order valence-corrected chi connectivity index (χ4v) is 7.75. The number of fused-ring (bicyclic) bond motifs is 2. The number of primary amides is 1. The Kier molecular flexibility index (Phi) is 10.3. The molecule has 5 rings (SSSR count). The third-order valence-corrected chi connectivity index (χ3v) is 11.1. The van der Waals surface area contributed by atoms with Crippen LogP contribution in [0.4, 0.5) is 9.59 Å². The maximum absolute atomic E-state index is 14.7. The van der Waals surface area contributed by atoms with Crippen LogP contribution in [0.1, 0.15) is 71.9 Å². The Hall–Kier alpha value is -4.16. The highest BCUT2D eigenvalue weighted by Crippen LogP contribution is 2.65. The van der Waals surface area contributed by atoms with Crippen LogP contribution in [-0.2, 0) is 36.8 Å². The lowest BCUT2D eigenvalue weighted by molar-refractivity contribution is -0.144. The standard InChI is InChI=1S/C36H52N6O7/c1-7-38-34(48)49-18-25(35(2,3)4)40-33(47)41-27(22-15-20-10-8-9-11-21(20)16-22)32(46)42-17-23-26(36(23,5)6)28(42)31(45)39-24(14-19-12-13-19)29(43)30(37)44/h8-11,19,22-28H,7,12-18H2,1-6H3,(H2,37,44)(H,38,48)(H,39,45)(H2,40,41,47)/t23-,24?,25+,26-,27-,28-/m0/s1. The molecule has 1 saturated heterocycles. The molecule has 1 heterocycles. The number of hydrogen-bond acceptors (Lipinski definition) is 7. The molecule has 6 atom stereocenters. The first-order chi connectivity index (χ1) is 23.0. The fourth-order valence-electron chi connectivity index (χ4n) is 7.75. The van der Waals surface area contributed by atoms with Crippen LogP contribution in [0.15, 0.2) is 24.3 Å². The summed E-state index contributed by atoms with van der Waals surface area (Å²) in [6.07, 6.45) is 2.70. The number of carbonyl (C=O) groups is 6. The second-order valence-electron chi connectivity index (χ2n) is 15.9. The second kappa shape index (κ2) is 14.0. The van der Waals surface area contributed by atoms with E-state index in [0.29, 0.717) is 32.4 Å². The van der Waals surface area contributed by atoms with Gasteiger partial charge in [0.05, 0.1) is 12.1 Å². The van der Waals surface area contributed by atoms with Crippen LogP contribution in [0.25, 0.3) is 0 Å². The quantitative estimate of drug-likeness (QED) is 0.197. The van der Waals surface area contributed by atoms with E-state index in [-0.39, 0.29) is 41.6 Å². The normalized spacial score (nSPS) is 24.0. The number of alkyl carbamates (subject to hydrolysis) is 1. The van der Waals surface area contributed by atoms with Crippen LogP contribution in [0.3, 0.4) is 0 Å². The van der Waals surface area contributed by atoms with E-state index in [0.717, 1.165) is 24.0 Å². The van der Waals surface area contributed by atoms with E-state index in [4.69, 9.17) is 10.5 Å². The SMILES string of the molecule is CCNC(=O)OC[C@@H](NC(=O)N[C@H](C(=O)N1C[C@H]2[C@@H]([C@H]1C(=O)NC(CC1CC1)C(=O)C(N)=O)C2(C)C)C1Cc2ccccc2C1)C(C)(C)C. The lowest BCUT2D eigenvalue weighted by Crippen LogP contribution is -2.61. The zero-order chi connectivity index (χ0) is 35.8. The molecule has 3 aliphatic carbocycles.